The van der Waals surface area contributed by atoms with E-state index in [-0.39, 0.29) is 18.3 Å². The van der Waals surface area contributed by atoms with Gasteiger partial charge in [-0.15, -0.1) is 12.4 Å². The Balaban J connectivity index is 0.00000205. The normalized spacial score (nSPS) is 23.1. The molecule has 0 saturated carbocycles. The van der Waals surface area contributed by atoms with E-state index < -0.39 is 5.54 Å². The second-order valence-corrected chi connectivity index (χ2v) is 8.27. The number of amides is 1. The minimum atomic E-state index is -0.444. The molecule has 154 valence electrons. The number of piperidine rings is 1. The average molecular weight is 434 g/mol. The van der Waals surface area contributed by atoms with Gasteiger partial charge < -0.3 is 15.0 Å². The molecule has 29 heavy (non-hydrogen) atoms. The van der Waals surface area contributed by atoms with Gasteiger partial charge in [0, 0.05) is 41.8 Å². The summed E-state index contributed by atoms with van der Waals surface area (Å²) in [6.07, 6.45) is 2.59. The number of nitrogens with zero attached hydrogens (tertiary/aromatic N) is 2. The lowest BCUT2D eigenvalue weighted by Crippen LogP contribution is -2.57. The average Bonchev–Trinajstić information content (AvgIpc) is 3.04. The predicted octanol–water partition coefficient (Wildman–Crippen LogP) is 4.01. The predicted molar refractivity (Wildman–Crippen MR) is 117 cm³/mol. The van der Waals surface area contributed by atoms with E-state index in [0.29, 0.717) is 12.7 Å². The molecule has 0 radical (unpaired) electrons. The molecule has 2 fully saturated rings. The number of ether oxygens (including phenoxy) is 1. The maximum absolute atomic E-state index is 12.9. The monoisotopic (exact) mass is 433 g/mol. The van der Waals surface area contributed by atoms with Crippen molar-refractivity contribution < 1.29 is 9.53 Å². The summed E-state index contributed by atoms with van der Waals surface area (Å²) >= 11 is 6.25. The van der Waals surface area contributed by atoms with Crippen LogP contribution in [0.3, 0.4) is 0 Å². The summed E-state index contributed by atoms with van der Waals surface area (Å²) in [5.41, 5.74) is 1.84. The highest BCUT2D eigenvalue weighted by Crippen LogP contribution is 2.42. The minimum absolute atomic E-state index is 0. The molecule has 1 atom stereocenters. The van der Waals surface area contributed by atoms with Crippen LogP contribution in [0.5, 0.6) is 5.75 Å². The van der Waals surface area contributed by atoms with E-state index in [9.17, 15) is 4.79 Å². The molecular weight excluding hydrogens is 409 g/mol. The van der Waals surface area contributed by atoms with Crippen LogP contribution in [0, 0.1) is 0 Å². The zero-order valence-electron chi connectivity index (χ0n) is 16.1. The van der Waals surface area contributed by atoms with Crippen LogP contribution in [-0.4, -0.2) is 42.7 Å². The largest absolute Gasteiger partial charge is 0.493 e. The maximum Gasteiger partial charge on any atom is 0.247 e. The molecule has 1 N–H and O–H groups in total. The number of para-hydroxylation sites is 1. The van der Waals surface area contributed by atoms with Gasteiger partial charge in [-0.3, -0.25) is 9.69 Å². The van der Waals surface area contributed by atoms with E-state index in [1.165, 1.54) is 5.56 Å². The quantitative estimate of drug-likeness (QED) is 0.776. The molecule has 2 saturated heterocycles. The first kappa shape index (κ1) is 20.3. The van der Waals surface area contributed by atoms with Gasteiger partial charge in [-0.05, 0) is 43.2 Å². The number of benzene rings is 2. The maximum atomic E-state index is 12.9. The number of carbonyl (C=O) groups is 1. The summed E-state index contributed by atoms with van der Waals surface area (Å²) in [6.45, 7) is 3.07. The van der Waals surface area contributed by atoms with Crippen LogP contribution < -0.4 is 15.0 Å². The number of carbonyl (C=O) groups excluding carboxylic acids is 1. The molecule has 1 amide bonds. The minimum Gasteiger partial charge on any atom is -0.493 e. The van der Waals surface area contributed by atoms with Crippen molar-refractivity contribution in [3.05, 3.63) is 59.1 Å². The summed E-state index contributed by atoms with van der Waals surface area (Å²) in [4.78, 5) is 17.6. The number of hydrogen-bond acceptors (Lipinski definition) is 4. The fourth-order valence-corrected chi connectivity index (χ4v) is 5.15. The third kappa shape index (κ3) is 3.45. The van der Waals surface area contributed by atoms with E-state index in [1.807, 2.05) is 36.4 Å². The molecular formula is C22H25Cl2N3O2. The third-order valence-corrected chi connectivity index (χ3v) is 6.69. The van der Waals surface area contributed by atoms with Gasteiger partial charge in [-0.1, -0.05) is 29.8 Å². The zero-order chi connectivity index (χ0) is 19.1. The van der Waals surface area contributed by atoms with Gasteiger partial charge >= 0.3 is 0 Å². The smallest absolute Gasteiger partial charge is 0.247 e. The highest BCUT2D eigenvalue weighted by atomic mass is 35.5. The molecule has 3 aliphatic rings. The molecule has 1 unspecified atom stereocenters. The summed E-state index contributed by atoms with van der Waals surface area (Å²) < 4.78 is 5.83. The standard InChI is InChI=1S/C22H24ClN3O2.ClH/c23-16-6-7-20-18(14-16)19(8-13-28-20)25-11-9-22(10-12-25)21(27)24-15-26(22)17-4-2-1-3-5-17;/h1-7,14,19H,8-13,15H2,(H,24,27);1H. The fourth-order valence-electron chi connectivity index (χ4n) is 4.96. The van der Waals surface area contributed by atoms with Gasteiger partial charge in [0.2, 0.25) is 5.91 Å². The second kappa shape index (κ2) is 8.05. The molecule has 2 aromatic rings. The van der Waals surface area contributed by atoms with E-state index in [2.05, 4.69) is 27.2 Å². The first-order chi connectivity index (χ1) is 13.7. The number of anilines is 1. The van der Waals surface area contributed by atoms with Crippen LogP contribution >= 0.6 is 24.0 Å². The molecule has 5 nitrogen and oxygen atoms in total. The summed E-state index contributed by atoms with van der Waals surface area (Å²) in [5, 5.41) is 3.82. The third-order valence-electron chi connectivity index (χ3n) is 6.45. The Bertz CT molecular complexity index is 885. The lowest BCUT2D eigenvalue weighted by Gasteiger charge is -2.46. The van der Waals surface area contributed by atoms with E-state index >= 15 is 0 Å². The van der Waals surface area contributed by atoms with Gasteiger partial charge in [-0.25, -0.2) is 0 Å². The van der Waals surface area contributed by atoms with Crippen LogP contribution in [-0.2, 0) is 4.79 Å². The number of rotatable bonds is 2. The first-order valence-corrected chi connectivity index (χ1v) is 10.3. The van der Waals surface area contributed by atoms with Gasteiger partial charge in [0.25, 0.3) is 0 Å². The van der Waals surface area contributed by atoms with Gasteiger partial charge in [0.1, 0.15) is 11.3 Å². The molecule has 0 bridgehead atoms. The van der Waals surface area contributed by atoms with Crippen molar-refractivity contribution in [3.8, 4) is 5.75 Å². The van der Waals surface area contributed by atoms with Crippen molar-refractivity contribution in [3.63, 3.8) is 0 Å². The molecule has 0 aliphatic carbocycles. The van der Waals surface area contributed by atoms with Crippen molar-refractivity contribution in [1.82, 2.24) is 10.2 Å². The topological polar surface area (TPSA) is 44.8 Å². The van der Waals surface area contributed by atoms with Crippen LogP contribution in [0.1, 0.15) is 30.9 Å². The summed E-state index contributed by atoms with van der Waals surface area (Å²) in [5.74, 6) is 1.09. The van der Waals surface area contributed by atoms with Crippen LogP contribution in [0.4, 0.5) is 5.69 Å². The van der Waals surface area contributed by atoms with E-state index in [0.717, 1.165) is 55.4 Å². The van der Waals surface area contributed by atoms with Crippen molar-refractivity contribution in [2.45, 2.75) is 30.8 Å². The molecule has 7 heteroatoms. The Morgan fingerprint density at radius 1 is 1.10 bits per heavy atom. The van der Waals surface area contributed by atoms with Crippen molar-refractivity contribution in [1.29, 1.82) is 0 Å². The first-order valence-electron chi connectivity index (χ1n) is 9.95. The van der Waals surface area contributed by atoms with Crippen LogP contribution in [0.15, 0.2) is 48.5 Å². The lowest BCUT2D eigenvalue weighted by atomic mass is 9.84. The Labute approximate surface area is 182 Å². The van der Waals surface area contributed by atoms with Crippen LogP contribution in [0.25, 0.3) is 0 Å². The number of likely N-dealkylation sites (tertiary alicyclic amines) is 1. The summed E-state index contributed by atoms with van der Waals surface area (Å²) in [6, 6.07) is 16.4. The van der Waals surface area contributed by atoms with Crippen molar-refractivity contribution in [2.24, 2.45) is 0 Å². The van der Waals surface area contributed by atoms with Gasteiger partial charge in [0.15, 0.2) is 0 Å². The lowest BCUT2D eigenvalue weighted by molar-refractivity contribution is -0.125. The van der Waals surface area contributed by atoms with Gasteiger partial charge in [0.05, 0.1) is 13.3 Å². The SMILES string of the molecule is Cl.O=C1NCN(c2ccccc2)C12CCN(C1CCOc3ccc(Cl)cc31)CC2. The van der Waals surface area contributed by atoms with Gasteiger partial charge in [-0.2, -0.15) is 0 Å². The second-order valence-electron chi connectivity index (χ2n) is 7.83. The van der Waals surface area contributed by atoms with Crippen molar-refractivity contribution in [2.75, 3.05) is 31.3 Å². The molecule has 2 aromatic carbocycles. The Hall–Kier alpha value is -1.95. The molecule has 1 spiro atoms. The molecule has 0 aromatic heterocycles. The Kier molecular flexibility index (Phi) is 5.65. The highest BCUT2D eigenvalue weighted by Gasteiger charge is 2.51. The fraction of sp³-hybridized carbons (Fsp3) is 0.409. The number of fused-ring (bicyclic) bond motifs is 1. The highest BCUT2D eigenvalue weighted by molar-refractivity contribution is 6.30. The van der Waals surface area contributed by atoms with Crippen LogP contribution in [0.2, 0.25) is 5.02 Å². The zero-order valence-corrected chi connectivity index (χ0v) is 17.7. The number of hydrogen-bond donors (Lipinski definition) is 1. The number of nitrogens with one attached hydrogen (secondary N) is 1. The van der Waals surface area contributed by atoms with E-state index in [1.54, 1.807) is 0 Å². The van der Waals surface area contributed by atoms with E-state index in [4.69, 9.17) is 16.3 Å². The number of halogens is 2. The Morgan fingerprint density at radius 2 is 1.86 bits per heavy atom. The molecule has 3 aliphatic heterocycles. The molecule has 3 heterocycles. The molecule has 5 rings (SSSR count). The van der Waals surface area contributed by atoms with Crippen molar-refractivity contribution >= 4 is 35.6 Å². The Morgan fingerprint density at radius 3 is 2.62 bits per heavy atom. The summed E-state index contributed by atoms with van der Waals surface area (Å²) in [7, 11) is 0.